The van der Waals surface area contributed by atoms with Crippen LogP contribution < -0.4 is 10.4 Å². The fraction of sp³-hybridized carbons (Fsp3) is 0.200. The molecule has 0 spiro atoms. The molecular weight excluding hydrogens is 416 g/mol. The van der Waals surface area contributed by atoms with E-state index >= 15 is 0 Å². The summed E-state index contributed by atoms with van der Waals surface area (Å²) in [6, 6.07) is 17.6. The first-order valence-corrected chi connectivity index (χ1v) is 11.0. The van der Waals surface area contributed by atoms with Gasteiger partial charge >= 0.3 is 5.69 Å². The largest absolute Gasteiger partial charge is 0.493 e. The maximum Gasteiger partial charge on any atom is 0.328 e. The quantitative estimate of drug-likeness (QED) is 0.417. The van der Waals surface area contributed by atoms with Crippen LogP contribution in [0.5, 0.6) is 5.75 Å². The van der Waals surface area contributed by atoms with Crippen molar-refractivity contribution in [3.8, 4) is 22.8 Å². The highest BCUT2D eigenvalue weighted by Gasteiger charge is 2.23. The van der Waals surface area contributed by atoms with Gasteiger partial charge in [-0.1, -0.05) is 24.3 Å². The van der Waals surface area contributed by atoms with Crippen molar-refractivity contribution in [1.29, 1.82) is 0 Å². The third-order valence-corrected chi connectivity index (χ3v) is 5.86. The van der Waals surface area contributed by atoms with Crippen LogP contribution in [0.25, 0.3) is 28.2 Å². The van der Waals surface area contributed by atoms with Gasteiger partial charge in [0.1, 0.15) is 11.3 Å². The lowest BCUT2D eigenvalue weighted by Gasteiger charge is -2.10. The molecule has 2 aromatic carbocycles. The zero-order chi connectivity index (χ0) is 22.2. The number of hydrogen-bond donors (Lipinski definition) is 1. The van der Waals surface area contributed by atoms with Crippen LogP contribution in [0.2, 0.25) is 0 Å². The number of aromatic amines is 1. The molecule has 0 saturated heterocycles. The predicted octanol–water partition coefficient (Wildman–Crippen LogP) is 3.81. The Bertz CT molecular complexity index is 1460. The van der Waals surface area contributed by atoms with Crippen molar-refractivity contribution in [3.05, 3.63) is 89.2 Å². The van der Waals surface area contributed by atoms with Gasteiger partial charge in [0.15, 0.2) is 11.5 Å². The smallest absolute Gasteiger partial charge is 0.328 e. The molecule has 0 amide bonds. The van der Waals surface area contributed by atoms with E-state index in [0.29, 0.717) is 36.1 Å². The van der Waals surface area contributed by atoms with E-state index in [4.69, 9.17) is 9.72 Å². The number of rotatable bonds is 7. The minimum Gasteiger partial charge on any atom is -0.493 e. The first-order valence-electron chi connectivity index (χ1n) is 11.0. The highest BCUT2D eigenvalue weighted by atomic mass is 16.5. The summed E-state index contributed by atoms with van der Waals surface area (Å²) >= 11 is 0. The Morgan fingerprint density at radius 2 is 1.91 bits per heavy atom. The normalized spacial score (nSPS) is 13.5. The number of hydrogen-bond acceptors (Lipinski definition) is 5. The fourth-order valence-electron chi connectivity index (χ4n) is 3.85. The van der Waals surface area contributed by atoms with E-state index in [9.17, 15) is 4.79 Å². The first-order chi connectivity index (χ1) is 16.2. The monoisotopic (exact) mass is 438 g/mol. The molecule has 33 heavy (non-hydrogen) atoms. The average molecular weight is 438 g/mol. The second-order valence-corrected chi connectivity index (χ2v) is 8.31. The standard InChI is InChI=1S/C25H22N6O2/c32-25-28-21-14-26-23(20-4-1-2-5-22(20)33-16-18-6-7-18)29-24(21)30(25)15-17-8-10-19(11-9-17)31-13-3-12-27-31/h1-5,8-14,18H,6-7,15-16H2,(H,28,32). The predicted molar refractivity (Wildman–Crippen MR) is 124 cm³/mol. The molecule has 6 rings (SSSR count). The van der Waals surface area contributed by atoms with E-state index < -0.39 is 0 Å². The maximum atomic E-state index is 12.7. The van der Waals surface area contributed by atoms with Crippen LogP contribution in [-0.2, 0) is 6.54 Å². The summed E-state index contributed by atoms with van der Waals surface area (Å²) in [4.78, 5) is 24.8. The number of fused-ring (bicyclic) bond motifs is 1. The third-order valence-electron chi connectivity index (χ3n) is 5.86. The molecule has 0 bridgehead atoms. The van der Waals surface area contributed by atoms with Crippen LogP contribution in [0.4, 0.5) is 0 Å². The van der Waals surface area contributed by atoms with Gasteiger partial charge in [-0.05, 0) is 54.7 Å². The molecule has 0 atom stereocenters. The molecule has 0 aliphatic heterocycles. The summed E-state index contributed by atoms with van der Waals surface area (Å²) in [5, 5.41) is 4.25. The minimum atomic E-state index is -0.217. The molecule has 1 aliphatic rings. The SMILES string of the molecule is O=c1[nH]c2cnc(-c3ccccc3OCC3CC3)nc2n1Cc1ccc(-n2cccn2)cc1. The number of nitrogens with zero attached hydrogens (tertiary/aromatic N) is 5. The number of benzene rings is 2. The van der Waals surface area contributed by atoms with Crippen LogP contribution in [0.15, 0.2) is 78.0 Å². The van der Waals surface area contributed by atoms with Crippen molar-refractivity contribution in [2.75, 3.05) is 6.61 Å². The van der Waals surface area contributed by atoms with Gasteiger partial charge in [-0.3, -0.25) is 4.57 Å². The number of para-hydroxylation sites is 1. The molecular formula is C25H22N6O2. The molecule has 5 aromatic rings. The summed E-state index contributed by atoms with van der Waals surface area (Å²) < 4.78 is 9.47. The van der Waals surface area contributed by atoms with Crippen LogP contribution in [-0.4, -0.2) is 35.9 Å². The van der Waals surface area contributed by atoms with Crippen molar-refractivity contribution in [2.45, 2.75) is 19.4 Å². The number of aromatic nitrogens is 6. The highest BCUT2D eigenvalue weighted by Crippen LogP contribution is 2.33. The van der Waals surface area contributed by atoms with E-state index in [1.165, 1.54) is 12.8 Å². The van der Waals surface area contributed by atoms with Crippen LogP contribution >= 0.6 is 0 Å². The molecule has 3 aromatic heterocycles. The third kappa shape index (κ3) is 3.91. The molecule has 3 heterocycles. The Morgan fingerprint density at radius 3 is 2.70 bits per heavy atom. The molecule has 1 saturated carbocycles. The first kappa shape index (κ1) is 19.5. The van der Waals surface area contributed by atoms with Gasteiger partial charge in [-0.2, -0.15) is 5.10 Å². The minimum absolute atomic E-state index is 0.217. The van der Waals surface area contributed by atoms with Gasteiger partial charge in [0.25, 0.3) is 0 Å². The van der Waals surface area contributed by atoms with E-state index in [1.54, 1.807) is 21.6 Å². The maximum absolute atomic E-state index is 12.7. The van der Waals surface area contributed by atoms with Gasteiger partial charge in [0.2, 0.25) is 0 Å². The van der Waals surface area contributed by atoms with E-state index in [2.05, 4.69) is 15.1 Å². The lowest BCUT2D eigenvalue weighted by atomic mass is 10.2. The molecule has 0 unspecified atom stereocenters. The van der Waals surface area contributed by atoms with Crippen molar-refractivity contribution in [2.24, 2.45) is 5.92 Å². The van der Waals surface area contributed by atoms with Crippen molar-refractivity contribution < 1.29 is 4.74 Å². The second kappa shape index (κ2) is 8.05. The Kier molecular flexibility index (Phi) is 4.75. The second-order valence-electron chi connectivity index (χ2n) is 8.31. The zero-order valence-electron chi connectivity index (χ0n) is 17.9. The number of H-pyrrole nitrogens is 1. The van der Waals surface area contributed by atoms with Crippen LogP contribution in [0.1, 0.15) is 18.4 Å². The zero-order valence-corrected chi connectivity index (χ0v) is 17.9. The Morgan fingerprint density at radius 1 is 1.06 bits per heavy atom. The summed E-state index contributed by atoms with van der Waals surface area (Å²) in [7, 11) is 0. The molecule has 1 fully saturated rings. The molecule has 1 aliphatic carbocycles. The summed E-state index contributed by atoms with van der Waals surface area (Å²) in [6.07, 6.45) is 7.75. The summed E-state index contributed by atoms with van der Waals surface area (Å²) in [5.41, 5.74) is 3.73. The number of imidazole rings is 1. The van der Waals surface area contributed by atoms with Gasteiger partial charge in [0.05, 0.1) is 30.6 Å². The number of ether oxygens (including phenoxy) is 1. The summed E-state index contributed by atoms with van der Waals surface area (Å²) in [6.45, 7) is 1.11. The Labute approximate surface area is 189 Å². The van der Waals surface area contributed by atoms with E-state index in [0.717, 1.165) is 22.6 Å². The van der Waals surface area contributed by atoms with Gasteiger partial charge in [-0.15, -0.1) is 0 Å². The highest BCUT2D eigenvalue weighted by molar-refractivity contribution is 5.74. The van der Waals surface area contributed by atoms with Gasteiger partial charge in [0, 0.05) is 12.4 Å². The van der Waals surface area contributed by atoms with Crippen molar-refractivity contribution >= 4 is 11.2 Å². The van der Waals surface area contributed by atoms with Crippen molar-refractivity contribution in [1.82, 2.24) is 29.3 Å². The van der Waals surface area contributed by atoms with E-state index in [-0.39, 0.29) is 5.69 Å². The van der Waals surface area contributed by atoms with Gasteiger partial charge < -0.3 is 9.72 Å². The van der Waals surface area contributed by atoms with Gasteiger partial charge in [-0.25, -0.2) is 19.4 Å². The van der Waals surface area contributed by atoms with E-state index in [1.807, 2.05) is 60.8 Å². The Hall–Kier alpha value is -4.20. The lowest BCUT2D eigenvalue weighted by Crippen LogP contribution is -2.17. The molecule has 8 nitrogen and oxygen atoms in total. The lowest BCUT2D eigenvalue weighted by molar-refractivity contribution is 0.301. The average Bonchev–Trinajstić information content (AvgIpc) is 3.41. The van der Waals surface area contributed by atoms with Crippen LogP contribution in [0, 0.1) is 5.92 Å². The number of nitrogens with one attached hydrogen (secondary N) is 1. The topological polar surface area (TPSA) is 90.6 Å². The van der Waals surface area contributed by atoms with Crippen molar-refractivity contribution in [3.63, 3.8) is 0 Å². The summed E-state index contributed by atoms with van der Waals surface area (Å²) in [5.74, 6) is 1.95. The molecule has 0 radical (unpaired) electrons. The molecule has 1 N–H and O–H groups in total. The Balaban J connectivity index is 1.33. The van der Waals surface area contributed by atoms with Crippen LogP contribution in [0.3, 0.4) is 0 Å². The molecule has 8 heteroatoms. The fourth-order valence-corrected chi connectivity index (χ4v) is 3.85. The molecule has 164 valence electrons.